The molecule has 1 heterocycles. The molecule has 0 saturated carbocycles. The largest absolute Gasteiger partial charge is 0.809 e. The van der Waals surface area contributed by atoms with E-state index in [1.54, 1.807) is 12.1 Å². The molecule has 6 nitrogen and oxygen atoms in total. The number of amides is 2. The minimum absolute atomic E-state index is 0.126. The molecule has 1 aromatic carbocycles. The van der Waals surface area contributed by atoms with E-state index in [1.165, 1.54) is 12.1 Å². The van der Waals surface area contributed by atoms with E-state index in [0.717, 1.165) is 0 Å². The molecule has 0 bridgehead atoms. The molecular formula is C9H6NO5P-2. The highest BCUT2D eigenvalue weighted by Gasteiger charge is 2.35. The lowest BCUT2D eigenvalue weighted by atomic mass is 10.1. The van der Waals surface area contributed by atoms with E-state index < -0.39 is 25.7 Å². The Morgan fingerprint density at radius 2 is 1.50 bits per heavy atom. The summed E-state index contributed by atoms with van der Waals surface area (Å²) in [6.07, 6.45) is -1.10. The van der Waals surface area contributed by atoms with Crippen molar-refractivity contribution in [1.29, 1.82) is 0 Å². The first-order valence-electron chi connectivity index (χ1n) is 4.36. The molecule has 0 aromatic heterocycles. The first-order chi connectivity index (χ1) is 7.40. The molecule has 0 unspecified atom stereocenters. The third kappa shape index (κ3) is 1.78. The summed E-state index contributed by atoms with van der Waals surface area (Å²) in [5.74, 6) is -1.49. The normalized spacial score (nSPS) is 15.5. The second kappa shape index (κ2) is 3.52. The third-order valence-corrected chi connectivity index (χ3v) is 2.82. The maximum atomic E-state index is 11.6. The van der Waals surface area contributed by atoms with Crippen LogP contribution in [0.2, 0.25) is 0 Å². The van der Waals surface area contributed by atoms with Gasteiger partial charge in [0.05, 0.1) is 17.4 Å². The summed E-state index contributed by atoms with van der Waals surface area (Å²) in [7, 11) is -4.93. The van der Waals surface area contributed by atoms with Crippen molar-refractivity contribution in [3.63, 3.8) is 0 Å². The fourth-order valence-corrected chi connectivity index (χ4v) is 2.14. The van der Waals surface area contributed by atoms with Crippen LogP contribution in [0.5, 0.6) is 0 Å². The zero-order chi connectivity index (χ0) is 11.9. The van der Waals surface area contributed by atoms with Crippen LogP contribution in [0.25, 0.3) is 0 Å². The van der Waals surface area contributed by atoms with E-state index in [1.807, 2.05) is 0 Å². The lowest BCUT2D eigenvalue weighted by Crippen LogP contribution is -2.35. The number of hydrogen-bond donors (Lipinski definition) is 0. The van der Waals surface area contributed by atoms with Gasteiger partial charge in [0.1, 0.15) is 0 Å². The lowest BCUT2D eigenvalue weighted by Gasteiger charge is -2.32. The average Bonchev–Trinajstić information content (AvgIpc) is 2.43. The highest BCUT2D eigenvalue weighted by atomic mass is 31.2. The van der Waals surface area contributed by atoms with Crippen molar-refractivity contribution in [2.24, 2.45) is 0 Å². The van der Waals surface area contributed by atoms with Crippen LogP contribution in [0.3, 0.4) is 0 Å². The van der Waals surface area contributed by atoms with Crippen LogP contribution in [-0.2, 0) is 4.57 Å². The van der Waals surface area contributed by atoms with Crippen LogP contribution in [0, 0.1) is 0 Å². The highest BCUT2D eigenvalue weighted by molar-refractivity contribution is 7.48. The van der Waals surface area contributed by atoms with Gasteiger partial charge in [0.15, 0.2) is 0 Å². The number of nitrogens with zero attached hydrogens (tertiary/aromatic N) is 1. The molecule has 1 aliphatic heterocycles. The fraction of sp³-hybridized carbons (Fsp3) is 0.111. The molecule has 0 atom stereocenters. The number of imide groups is 1. The Bertz CT molecular complexity index is 485. The predicted octanol–water partition coefficient (Wildman–Crippen LogP) is -0.846. The van der Waals surface area contributed by atoms with Gasteiger partial charge in [-0.2, -0.15) is 0 Å². The van der Waals surface area contributed by atoms with Gasteiger partial charge in [-0.25, -0.2) is 0 Å². The van der Waals surface area contributed by atoms with Gasteiger partial charge in [0.2, 0.25) is 0 Å². The Kier molecular flexibility index (Phi) is 2.42. The van der Waals surface area contributed by atoms with Crippen molar-refractivity contribution in [3.8, 4) is 0 Å². The van der Waals surface area contributed by atoms with E-state index in [9.17, 15) is 23.9 Å². The Hall–Kier alpha value is -1.49. The molecule has 0 N–H and O–H groups in total. The van der Waals surface area contributed by atoms with Gasteiger partial charge in [-0.3, -0.25) is 14.5 Å². The first kappa shape index (κ1) is 11.0. The molecular weight excluding hydrogens is 233 g/mol. The zero-order valence-electron chi connectivity index (χ0n) is 7.95. The number of carbonyl (C=O) groups is 2. The highest BCUT2D eigenvalue weighted by Crippen LogP contribution is 2.30. The molecule has 2 rings (SSSR count). The fourth-order valence-electron chi connectivity index (χ4n) is 1.54. The molecule has 84 valence electrons. The Balaban J connectivity index is 2.39. The molecule has 0 aliphatic carbocycles. The van der Waals surface area contributed by atoms with Gasteiger partial charge < -0.3 is 14.4 Å². The van der Waals surface area contributed by atoms with Gasteiger partial charge in [0.25, 0.3) is 11.8 Å². The van der Waals surface area contributed by atoms with Crippen LogP contribution < -0.4 is 9.79 Å². The quantitative estimate of drug-likeness (QED) is 0.494. The van der Waals surface area contributed by atoms with Crippen molar-refractivity contribution < 1.29 is 23.9 Å². The van der Waals surface area contributed by atoms with Crippen LogP contribution in [0.15, 0.2) is 24.3 Å². The number of fused-ring (bicyclic) bond motifs is 1. The Labute approximate surface area is 90.7 Å². The molecule has 16 heavy (non-hydrogen) atoms. The lowest BCUT2D eigenvalue weighted by molar-refractivity contribution is -0.314. The summed E-state index contributed by atoms with van der Waals surface area (Å²) in [6, 6.07) is 5.94. The molecule has 0 radical (unpaired) electrons. The summed E-state index contributed by atoms with van der Waals surface area (Å²) in [4.78, 5) is 44.7. The van der Waals surface area contributed by atoms with Gasteiger partial charge in [-0.05, 0) is 19.7 Å². The second-order valence-corrected chi connectivity index (χ2v) is 4.84. The first-order valence-corrected chi connectivity index (χ1v) is 6.09. The summed E-state index contributed by atoms with van der Waals surface area (Å²) < 4.78 is 10.6. The van der Waals surface area contributed by atoms with Crippen molar-refractivity contribution >= 4 is 19.4 Å². The Morgan fingerprint density at radius 3 is 1.88 bits per heavy atom. The maximum absolute atomic E-state index is 11.6. The minimum Gasteiger partial charge on any atom is -0.809 e. The van der Waals surface area contributed by atoms with Crippen LogP contribution >= 0.6 is 7.60 Å². The number of rotatable bonds is 2. The molecule has 0 saturated heterocycles. The van der Waals surface area contributed by atoms with Gasteiger partial charge >= 0.3 is 0 Å². The van der Waals surface area contributed by atoms with E-state index in [0.29, 0.717) is 4.90 Å². The van der Waals surface area contributed by atoms with E-state index >= 15 is 0 Å². The van der Waals surface area contributed by atoms with Gasteiger partial charge in [0, 0.05) is 0 Å². The van der Waals surface area contributed by atoms with Crippen LogP contribution in [-0.4, -0.2) is 23.0 Å². The number of benzene rings is 1. The molecule has 1 aromatic rings. The summed E-state index contributed by atoms with van der Waals surface area (Å²) in [6.45, 7) is 0. The van der Waals surface area contributed by atoms with Crippen LogP contribution in [0.4, 0.5) is 0 Å². The van der Waals surface area contributed by atoms with Crippen molar-refractivity contribution in [2.45, 2.75) is 0 Å². The molecule has 1 aliphatic rings. The third-order valence-electron chi connectivity index (χ3n) is 2.19. The zero-order valence-corrected chi connectivity index (χ0v) is 8.85. The Morgan fingerprint density at radius 1 is 1.06 bits per heavy atom. The summed E-state index contributed by atoms with van der Waals surface area (Å²) >= 11 is 0. The summed E-state index contributed by atoms with van der Waals surface area (Å²) in [5.41, 5.74) is 0.252. The molecule has 0 spiro atoms. The SMILES string of the molecule is O=C1c2ccccc2C(=O)N1CP(=O)([O-])[O-]. The molecule has 0 fully saturated rings. The predicted molar refractivity (Wildman–Crippen MR) is 49.4 cm³/mol. The maximum Gasteiger partial charge on any atom is 0.261 e. The van der Waals surface area contributed by atoms with Crippen molar-refractivity contribution in [3.05, 3.63) is 35.4 Å². The van der Waals surface area contributed by atoms with E-state index in [4.69, 9.17) is 0 Å². The van der Waals surface area contributed by atoms with E-state index in [2.05, 4.69) is 0 Å². The van der Waals surface area contributed by atoms with E-state index in [-0.39, 0.29) is 11.1 Å². The van der Waals surface area contributed by atoms with Crippen molar-refractivity contribution in [1.82, 2.24) is 4.90 Å². The standard InChI is InChI=1S/C9H8NO5P/c11-8-6-3-1-2-4-7(6)9(12)10(8)5-16(13,14)15/h1-4H,5H2,(H2,13,14,15)/p-2. The topological polar surface area (TPSA) is 101 Å². The summed E-state index contributed by atoms with van der Waals surface area (Å²) in [5, 5.41) is 0. The monoisotopic (exact) mass is 239 g/mol. The minimum atomic E-state index is -4.93. The number of hydrogen-bond acceptors (Lipinski definition) is 5. The smallest absolute Gasteiger partial charge is 0.261 e. The van der Waals surface area contributed by atoms with Crippen LogP contribution in [0.1, 0.15) is 20.7 Å². The second-order valence-electron chi connectivity index (χ2n) is 3.34. The van der Waals surface area contributed by atoms with Gasteiger partial charge in [-0.15, -0.1) is 0 Å². The molecule has 7 heteroatoms. The van der Waals surface area contributed by atoms with Gasteiger partial charge in [-0.1, -0.05) is 12.1 Å². The molecule has 2 amide bonds. The average molecular weight is 239 g/mol. The number of carbonyl (C=O) groups excluding carboxylic acids is 2. The van der Waals surface area contributed by atoms with Crippen molar-refractivity contribution in [2.75, 3.05) is 6.29 Å².